The molecule has 3 aromatic rings. The first-order valence-corrected chi connectivity index (χ1v) is 8.81. The average molecular weight is 360 g/mol. The summed E-state index contributed by atoms with van der Waals surface area (Å²) in [5.74, 6) is -0.239. The smallest absolute Gasteiger partial charge is 0.274 e. The minimum absolute atomic E-state index is 0.239. The number of aryl methyl sites for hydroxylation is 2. The van der Waals surface area contributed by atoms with Gasteiger partial charge in [0.2, 0.25) is 0 Å². The Hall–Kier alpha value is -3.34. The lowest BCUT2D eigenvalue weighted by Gasteiger charge is -2.13. The van der Waals surface area contributed by atoms with Gasteiger partial charge >= 0.3 is 0 Å². The topological polar surface area (TPSA) is 57.3 Å². The quantitative estimate of drug-likeness (QED) is 0.689. The number of carbonyl (C=O) groups excluding carboxylic acids is 1. The van der Waals surface area contributed by atoms with Gasteiger partial charge in [0.25, 0.3) is 5.91 Å². The molecule has 0 bridgehead atoms. The van der Waals surface area contributed by atoms with Crippen molar-refractivity contribution in [2.24, 2.45) is 0 Å². The Labute approximate surface area is 160 Å². The van der Waals surface area contributed by atoms with Crippen molar-refractivity contribution < 1.29 is 4.79 Å². The molecule has 0 aliphatic rings. The summed E-state index contributed by atoms with van der Waals surface area (Å²) in [6.45, 7) is 4.12. The van der Waals surface area contributed by atoms with Gasteiger partial charge in [-0.2, -0.15) is 0 Å². The van der Waals surface area contributed by atoms with E-state index in [0.29, 0.717) is 5.69 Å². The molecule has 5 nitrogen and oxygen atoms in total. The fraction of sp³-hybridized carbons (Fsp3) is 0.182. The van der Waals surface area contributed by atoms with Crippen LogP contribution in [-0.4, -0.2) is 25.0 Å². The van der Waals surface area contributed by atoms with E-state index in [9.17, 15) is 4.79 Å². The van der Waals surface area contributed by atoms with E-state index in [0.717, 1.165) is 22.7 Å². The van der Waals surface area contributed by atoms with Crippen LogP contribution in [0, 0.1) is 13.8 Å². The largest absolute Gasteiger partial charge is 0.378 e. The van der Waals surface area contributed by atoms with E-state index in [1.165, 1.54) is 11.1 Å². The first-order valence-electron chi connectivity index (χ1n) is 8.81. The molecule has 3 rings (SSSR count). The van der Waals surface area contributed by atoms with Gasteiger partial charge in [0.05, 0.1) is 0 Å². The SMILES string of the molecule is Cc1cc(C)cc(Nc2ccnc(C(=O)Nc3ccc(N(C)C)cc3)c2)c1. The van der Waals surface area contributed by atoms with Crippen LogP contribution in [0.15, 0.2) is 60.8 Å². The Morgan fingerprint density at radius 3 is 2.15 bits per heavy atom. The zero-order valence-corrected chi connectivity index (χ0v) is 16.1. The molecule has 2 N–H and O–H groups in total. The number of amides is 1. The highest BCUT2D eigenvalue weighted by atomic mass is 16.1. The third-order valence-electron chi connectivity index (χ3n) is 4.14. The van der Waals surface area contributed by atoms with Crippen molar-refractivity contribution in [3.63, 3.8) is 0 Å². The molecule has 0 fully saturated rings. The van der Waals surface area contributed by atoms with E-state index < -0.39 is 0 Å². The van der Waals surface area contributed by atoms with Crippen LogP contribution in [-0.2, 0) is 0 Å². The minimum atomic E-state index is -0.239. The maximum Gasteiger partial charge on any atom is 0.274 e. The van der Waals surface area contributed by atoms with Crippen LogP contribution in [0.4, 0.5) is 22.7 Å². The second-order valence-corrected chi connectivity index (χ2v) is 6.83. The van der Waals surface area contributed by atoms with Crippen LogP contribution in [0.2, 0.25) is 0 Å². The number of anilines is 4. The third kappa shape index (κ3) is 4.85. The molecule has 27 heavy (non-hydrogen) atoms. The van der Waals surface area contributed by atoms with E-state index in [-0.39, 0.29) is 5.91 Å². The van der Waals surface area contributed by atoms with Crippen LogP contribution in [0.5, 0.6) is 0 Å². The summed E-state index contributed by atoms with van der Waals surface area (Å²) in [6, 6.07) is 17.5. The standard InChI is InChI=1S/C22H24N4O/c1-15-11-16(2)13-19(12-15)24-18-9-10-23-21(14-18)22(27)25-17-5-7-20(8-6-17)26(3)4/h5-14H,1-4H3,(H,23,24)(H,25,27). The molecular formula is C22H24N4O. The molecule has 0 saturated heterocycles. The van der Waals surface area contributed by atoms with Crippen LogP contribution < -0.4 is 15.5 Å². The van der Waals surface area contributed by atoms with Crippen molar-refractivity contribution in [3.05, 3.63) is 77.6 Å². The zero-order valence-electron chi connectivity index (χ0n) is 16.1. The Morgan fingerprint density at radius 2 is 1.52 bits per heavy atom. The lowest BCUT2D eigenvalue weighted by molar-refractivity contribution is 0.102. The number of aromatic nitrogens is 1. The summed E-state index contributed by atoms with van der Waals surface area (Å²) in [5.41, 5.74) is 6.36. The lowest BCUT2D eigenvalue weighted by Crippen LogP contribution is -2.14. The van der Waals surface area contributed by atoms with Crippen molar-refractivity contribution in [2.75, 3.05) is 29.6 Å². The number of hydrogen-bond acceptors (Lipinski definition) is 4. The maximum atomic E-state index is 12.5. The molecule has 1 heterocycles. The Morgan fingerprint density at radius 1 is 0.852 bits per heavy atom. The van der Waals surface area contributed by atoms with Crippen LogP contribution in [0.3, 0.4) is 0 Å². The molecule has 1 aromatic heterocycles. The zero-order chi connectivity index (χ0) is 19.4. The predicted octanol–water partition coefficient (Wildman–Crippen LogP) is 4.76. The highest BCUT2D eigenvalue weighted by molar-refractivity contribution is 6.03. The molecule has 0 unspecified atom stereocenters. The Bertz CT molecular complexity index is 929. The van der Waals surface area contributed by atoms with Gasteiger partial charge < -0.3 is 15.5 Å². The number of nitrogens with zero attached hydrogens (tertiary/aromatic N) is 2. The molecule has 0 atom stereocenters. The van der Waals surface area contributed by atoms with Crippen molar-refractivity contribution >= 4 is 28.7 Å². The van der Waals surface area contributed by atoms with E-state index in [2.05, 4.69) is 47.7 Å². The fourth-order valence-electron chi connectivity index (χ4n) is 2.88. The summed E-state index contributed by atoms with van der Waals surface area (Å²) < 4.78 is 0. The molecule has 5 heteroatoms. The van der Waals surface area contributed by atoms with Crippen LogP contribution in [0.25, 0.3) is 0 Å². The van der Waals surface area contributed by atoms with Gasteiger partial charge in [0.1, 0.15) is 5.69 Å². The Balaban J connectivity index is 1.73. The number of pyridine rings is 1. The molecule has 138 valence electrons. The molecule has 2 aromatic carbocycles. The van der Waals surface area contributed by atoms with E-state index in [4.69, 9.17) is 0 Å². The molecular weight excluding hydrogens is 336 g/mol. The molecule has 0 aliphatic carbocycles. The van der Waals surface area contributed by atoms with Crippen molar-refractivity contribution in [1.29, 1.82) is 0 Å². The summed E-state index contributed by atoms with van der Waals surface area (Å²) in [5, 5.41) is 6.23. The van der Waals surface area contributed by atoms with Gasteiger partial charge in [-0.05, 0) is 73.5 Å². The predicted molar refractivity (Wildman–Crippen MR) is 112 cm³/mol. The number of rotatable bonds is 5. The normalized spacial score (nSPS) is 10.4. The number of nitrogens with one attached hydrogen (secondary N) is 2. The monoisotopic (exact) mass is 360 g/mol. The summed E-state index contributed by atoms with van der Waals surface area (Å²) >= 11 is 0. The molecule has 0 spiro atoms. The lowest BCUT2D eigenvalue weighted by atomic mass is 10.1. The summed E-state index contributed by atoms with van der Waals surface area (Å²) in [4.78, 5) is 18.7. The van der Waals surface area contributed by atoms with E-state index in [1.807, 2.05) is 49.3 Å². The van der Waals surface area contributed by atoms with Crippen molar-refractivity contribution in [1.82, 2.24) is 4.98 Å². The van der Waals surface area contributed by atoms with Gasteiger partial charge in [-0.1, -0.05) is 6.07 Å². The highest BCUT2D eigenvalue weighted by Crippen LogP contribution is 2.21. The maximum absolute atomic E-state index is 12.5. The van der Waals surface area contributed by atoms with Crippen molar-refractivity contribution in [2.45, 2.75) is 13.8 Å². The average Bonchev–Trinajstić information content (AvgIpc) is 2.61. The number of carbonyl (C=O) groups is 1. The van der Waals surface area contributed by atoms with Crippen molar-refractivity contribution in [3.8, 4) is 0 Å². The third-order valence-corrected chi connectivity index (χ3v) is 4.14. The molecule has 1 amide bonds. The first kappa shape index (κ1) is 18.5. The number of benzene rings is 2. The van der Waals surface area contributed by atoms with Gasteiger partial charge in [-0.15, -0.1) is 0 Å². The highest BCUT2D eigenvalue weighted by Gasteiger charge is 2.09. The molecule has 0 radical (unpaired) electrons. The second kappa shape index (κ2) is 7.91. The van der Waals surface area contributed by atoms with E-state index in [1.54, 1.807) is 12.3 Å². The molecule has 0 aliphatic heterocycles. The van der Waals surface area contributed by atoms with Gasteiger partial charge in [0, 0.05) is 43.0 Å². The van der Waals surface area contributed by atoms with Gasteiger partial charge in [-0.3, -0.25) is 9.78 Å². The first-order chi connectivity index (χ1) is 12.9. The summed E-state index contributed by atoms with van der Waals surface area (Å²) in [7, 11) is 3.96. The summed E-state index contributed by atoms with van der Waals surface area (Å²) in [6.07, 6.45) is 1.63. The number of hydrogen-bond donors (Lipinski definition) is 2. The second-order valence-electron chi connectivity index (χ2n) is 6.83. The van der Waals surface area contributed by atoms with Crippen LogP contribution >= 0.6 is 0 Å². The van der Waals surface area contributed by atoms with Gasteiger partial charge in [-0.25, -0.2) is 0 Å². The van der Waals surface area contributed by atoms with Gasteiger partial charge in [0.15, 0.2) is 0 Å². The minimum Gasteiger partial charge on any atom is -0.378 e. The van der Waals surface area contributed by atoms with E-state index >= 15 is 0 Å². The Kier molecular flexibility index (Phi) is 5.41. The van der Waals surface area contributed by atoms with Crippen LogP contribution in [0.1, 0.15) is 21.6 Å². The fourth-order valence-corrected chi connectivity index (χ4v) is 2.88. The molecule has 0 saturated carbocycles.